The molecular formula is C20H27N2O3. The van der Waals surface area contributed by atoms with Gasteiger partial charge in [-0.05, 0) is 57.7 Å². The average Bonchev–Trinajstić information content (AvgIpc) is 2.53. The van der Waals surface area contributed by atoms with Gasteiger partial charge in [-0.3, -0.25) is 10.1 Å². The molecule has 0 bridgehead atoms. The highest BCUT2D eigenvalue weighted by Gasteiger charge is 2.39. The number of ether oxygens (including phenoxy) is 1. The zero-order valence-electron chi connectivity index (χ0n) is 15.9. The fourth-order valence-corrected chi connectivity index (χ4v) is 3.52. The van der Waals surface area contributed by atoms with Gasteiger partial charge in [-0.2, -0.15) is 0 Å². The Hall–Kier alpha value is -2.30. The molecule has 1 aromatic carbocycles. The van der Waals surface area contributed by atoms with E-state index in [9.17, 15) is 10.1 Å². The average molecular weight is 343 g/mol. The molecule has 1 unspecified atom stereocenters. The van der Waals surface area contributed by atoms with Crippen molar-refractivity contribution >= 4 is 0 Å². The van der Waals surface area contributed by atoms with Crippen molar-refractivity contribution in [3.05, 3.63) is 62.5 Å². The third kappa shape index (κ3) is 3.86. The lowest BCUT2D eigenvalue weighted by Crippen LogP contribution is -2.48. The number of allylic oxidation sites excluding steroid dienone is 3. The van der Waals surface area contributed by atoms with E-state index < -0.39 is 6.23 Å². The Morgan fingerprint density at radius 1 is 1.20 bits per heavy atom. The fraction of sp³-hybridized carbons (Fsp3) is 0.500. The molecule has 0 fully saturated rings. The smallest absolute Gasteiger partial charge is 0.315 e. The summed E-state index contributed by atoms with van der Waals surface area (Å²) in [6.07, 6.45) is 5.50. The molecule has 5 heteroatoms. The van der Waals surface area contributed by atoms with Crippen molar-refractivity contribution in [2.75, 3.05) is 0 Å². The van der Waals surface area contributed by atoms with Gasteiger partial charge in [-0.15, -0.1) is 0 Å². The molecule has 5 nitrogen and oxygen atoms in total. The van der Waals surface area contributed by atoms with E-state index in [-0.39, 0.29) is 16.7 Å². The molecule has 0 saturated heterocycles. The maximum Gasteiger partial charge on any atom is 0.315 e. The Morgan fingerprint density at radius 3 is 2.24 bits per heavy atom. The summed E-state index contributed by atoms with van der Waals surface area (Å²) in [5.41, 5.74) is 4.01. The minimum Gasteiger partial charge on any atom is -0.459 e. The van der Waals surface area contributed by atoms with Crippen molar-refractivity contribution in [2.24, 2.45) is 0 Å². The molecule has 1 aromatic rings. The number of nitro groups is 1. The van der Waals surface area contributed by atoms with E-state index in [1.54, 1.807) is 6.08 Å². The summed E-state index contributed by atoms with van der Waals surface area (Å²) < 4.78 is 6.26. The van der Waals surface area contributed by atoms with E-state index in [1.807, 2.05) is 44.7 Å². The topological polar surface area (TPSA) is 55.6 Å². The maximum absolute atomic E-state index is 11.6. The minimum atomic E-state index is -0.773. The number of hydrogen-bond donors (Lipinski definition) is 0. The molecular weight excluding hydrogens is 316 g/mol. The Kier molecular flexibility index (Phi) is 5.88. The molecule has 2 rings (SSSR count). The zero-order valence-corrected chi connectivity index (χ0v) is 15.9. The molecule has 0 saturated carbocycles. The summed E-state index contributed by atoms with van der Waals surface area (Å²) in [6.45, 7) is 12.1. The second kappa shape index (κ2) is 7.72. The van der Waals surface area contributed by atoms with E-state index in [1.165, 1.54) is 0 Å². The molecule has 1 atom stereocenters. The number of nitrogens with zero attached hydrogens (tertiary/aromatic N) is 2. The van der Waals surface area contributed by atoms with Gasteiger partial charge in [0.1, 0.15) is 5.75 Å². The van der Waals surface area contributed by atoms with Gasteiger partial charge in [0.2, 0.25) is 0 Å². The summed E-state index contributed by atoms with van der Waals surface area (Å²) in [5.74, 6) is 0.711. The van der Waals surface area contributed by atoms with Gasteiger partial charge in [0.25, 0.3) is 6.23 Å². The van der Waals surface area contributed by atoms with Crippen LogP contribution in [0, 0.1) is 37.0 Å². The second-order valence-corrected chi connectivity index (χ2v) is 6.65. The first kappa shape index (κ1) is 19.0. The van der Waals surface area contributed by atoms with Crippen molar-refractivity contribution in [3.63, 3.8) is 0 Å². The first-order valence-corrected chi connectivity index (χ1v) is 8.77. The SMILES string of the molecule is CCC(CC)N1C(C)=C[C]=C([N+](=O)[O-])C1Oc1c(C)cc(C)cc1C. The predicted molar refractivity (Wildman–Crippen MR) is 98.8 cm³/mol. The van der Waals surface area contributed by atoms with Crippen LogP contribution in [0.3, 0.4) is 0 Å². The van der Waals surface area contributed by atoms with Crippen LogP contribution in [-0.4, -0.2) is 22.1 Å². The second-order valence-electron chi connectivity index (χ2n) is 6.65. The van der Waals surface area contributed by atoms with Gasteiger partial charge in [0.05, 0.1) is 11.0 Å². The van der Waals surface area contributed by atoms with Crippen LogP contribution in [0.5, 0.6) is 5.75 Å². The number of aryl methyl sites for hydroxylation is 3. The molecule has 1 aliphatic rings. The van der Waals surface area contributed by atoms with Crippen LogP contribution in [0.25, 0.3) is 0 Å². The highest BCUT2D eigenvalue weighted by atomic mass is 16.6. The van der Waals surface area contributed by atoms with Crippen LogP contribution < -0.4 is 4.74 Å². The predicted octanol–water partition coefficient (Wildman–Crippen LogP) is 4.69. The van der Waals surface area contributed by atoms with Crippen LogP contribution in [0.1, 0.15) is 50.3 Å². The van der Waals surface area contributed by atoms with E-state index in [0.717, 1.165) is 35.2 Å². The van der Waals surface area contributed by atoms with Crippen molar-refractivity contribution in [2.45, 2.75) is 66.7 Å². The molecule has 0 aliphatic carbocycles. The largest absolute Gasteiger partial charge is 0.459 e. The maximum atomic E-state index is 11.6. The summed E-state index contributed by atoms with van der Waals surface area (Å²) in [5, 5.41) is 11.6. The summed E-state index contributed by atoms with van der Waals surface area (Å²) >= 11 is 0. The van der Waals surface area contributed by atoms with E-state index >= 15 is 0 Å². The van der Waals surface area contributed by atoms with E-state index in [0.29, 0.717) is 5.75 Å². The van der Waals surface area contributed by atoms with Gasteiger partial charge in [-0.25, -0.2) is 0 Å². The van der Waals surface area contributed by atoms with Gasteiger partial charge < -0.3 is 9.64 Å². The molecule has 0 spiro atoms. The molecule has 135 valence electrons. The molecule has 0 aromatic heterocycles. The lowest BCUT2D eigenvalue weighted by molar-refractivity contribution is -0.441. The Balaban J connectivity index is 2.50. The van der Waals surface area contributed by atoms with Gasteiger partial charge in [-0.1, -0.05) is 31.5 Å². The van der Waals surface area contributed by atoms with Crippen LogP contribution in [0.2, 0.25) is 0 Å². The summed E-state index contributed by atoms with van der Waals surface area (Å²) in [7, 11) is 0. The standard InChI is InChI=1S/C20H27N2O3/c1-7-17(8-2)21-16(6)9-10-18(22(23)24)20(21)25-19-14(4)11-13(3)12-15(19)5/h9,11-12,17,20H,7-8H2,1-6H3. The van der Waals surface area contributed by atoms with Crippen molar-refractivity contribution < 1.29 is 9.66 Å². The van der Waals surface area contributed by atoms with Crippen molar-refractivity contribution in [1.29, 1.82) is 0 Å². The molecule has 1 heterocycles. The lowest BCUT2D eigenvalue weighted by atomic mass is 10.0. The van der Waals surface area contributed by atoms with Crippen LogP contribution in [0.15, 0.2) is 29.6 Å². The third-order valence-corrected chi connectivity index (χ3v) is 4.69. The Bertz CT molecular complexity index is 695. The quantitative estimate of drug-likeness (QED) is 0.555. The first-order chi connectivity index (χ1) is 11.8. The van der Waals surface area contributed by atoms with Crippen LogP contribution in [0.4, 0.5) is 0 Å². The van der Waals surface area contributed by atoms with Crippen molar-refractivity contribution in [3.8, 4) is 5.75 Å². The minimum absolute atomic E-state index is 0.0446. The highest BCUT2D eigenvalue weighted by molar-refractivity contribution is 5.43. The molecule has 0 N–H and O–H groups in total. The monoisotopic (exact) mass is 343 g/mol. The van der Waals surface area contributed by atoms with Crippen molar-refractivity contribution in [1.82, 2.24) is 4.90 Å². The first-order valence-electron chi connectivity index (χ1n) is 8.77. The zero-order chi connectivity index (χ0) is 18.7. The van der Waals surface area contributed by atoms with Crippen LogP contribution in [-0.2, 0) is 0 Å². The van der Waals surface area contributed by atoms with Gasteiger partial charge >= 0.3 is 5.70 Å². The molecule has 0 amide bonds. The fourth-order valence-electron chi connectivity index (χ4n) is 3.52. The molecule has 1 radical (unpaired) electrons. The third-order valence-electron chi connectivity index (χ3n) is 4.69. The van der Waals surface area contributed by atoms with Gasteiger partial charge in [0.15, 0.2) is 0 Å². The molecule has 1 aliphatic heterocycles. The van der Waals surface area contributed by atoms with Crippen LogP contribution >= 0.6 is 0 Å². The Morgan fingerprint density at radius 2 is 1.76 bits per heavy atom. The summed E-state index contributed by atoms with van der Waals surface area (Å²) in [4.78, 5) is 13.2. The van der Waals surface area contributed by atoms with E-state index in [2.05, 4.69) is 19.9 Å². The molecule has 25 heavy (non-hydrogen) atoms. The van der Waals surface area contributed by atoms with Gasteiger partial charge in [0, 0.05) is 11.7 Å². The lowest BCUT2D eigenvalue weighted by Gasteiger charge is -2.39. The normalized spacial score (nSPS) is 17.4. The Labute approximate surface area is 150 Å². The number of benzene rings is 1. The highest BCUT2D eigenvalue weighted by Crippen LogP contribution is 2.32. The number of hydrogen-bond acceptors (Lipinski definition) is 4. The van der Waals surface area contributed by atoms with E-state index in [4.69, 9.17) is 4.74 Å². The number of rotatable bonds is 6. The summed E-state index contributed by atoms with van der Waals surface area (Å²) in [6, 6.07) is 4.24.